The van der Waals surface area contributed by atoms with Crippen LogP contribution in [0.15, 0.2) is 91.9 Å². The summed E-state index contributed by atoms with van der Waals surface area (Å²) in [6.45, 7) is 0. The molecule has 0 bridgehead atoms. The van der Waals surface area contributed by atoms with Crippen LogP contribution in [0.25, 0.3) is 21.9 Å². The second-order valence-corrected chi connectivity index (χ2v) is 8.18. The molecule has 0 saturated carbocycles. The summed E-state index contributed by atoms with van der Waals surface area (Å²) in [6.07, 6.45) is 6.42. The molecule has 5 rings (SSSR count). The molecule has 1 heterocycles. The summed E-state index contributed by atoms with van der Waals surface area (Å²) >= 11 is 1.63. The highest BCUT2D eigenvalue weighted by Gasteiger charge is 2.16. The third kappa shape index (κ3) is 4.05. The molecular weight excluding hydrogens is 378 g/mol. The number of allylic oxidation sites excluding steroid dienone is 2. The maximum Gasteiger partial charge on any atom is 0.261 e. The highest BCUT2D eigenvalue weighted by atomic mass is 32.2. The first kappa shape index (κ1) is 18.0. The van der Waals surface area contributed by atoms with Gasteiger partial charge in [-0.05, 0) is 83.0 Å². The van der Waals surface area contributed by atoms with E-state index in [9.17, 15) is 0 Å². The summed E-state index contributed by atoms with van der Waals surface area (Å²) in [7, 11) is 0. The van der Waals surface area contributed by atoms with Crippen LogP contribution >= 0.6 is 11.8 Å². The van der Waals surface area contributed by atoms with Crippen molar-refractivity contribution < 1.29 is 4.42 Å². The number of rotatable bonds is 5. The molecule has 0 radical (unpaired) electrons. The van der Waals surface area contributed by atoms with Gasteiger partial charge in [0, 0.05) is 0 Å². The minimum Gasteiger partial charge on any atom is -0.431 e. The summed E-state index contributed by atoms with van der Waals surface area (Å²) in [5, 5.41) is 7.65. The fourth-order valence-electron chi connectivity index (χ4n) is 3.60. The van der Waals surface area contributed by atoms with Crippen LogP contribution in [0.5, 0.6) is 0 Å². The third-order valence-electron chi connectivity index (χ3n) is 5.11. The number of aromatic nitrogens is 1. The Bertz CT molecular complexity index is 1190. The van der Waals surface area contributed by atoms with E-state index in [1.54, 1.807) is 11.8 Å². The van der Waals surface area contributed by atoms with E-state index in [2.05, 4.69) is 58.0 Å². The molecule has 0 aliphatic heterocycles. The maximum atomic E-state index is 5.89. The average molecular weight is 400 g/mol. The molecule has 0 spiro atoms. The molecule has 0 atom stereocenters. The number of hydrogen-bond acceptors (Lipinski definition) is 5. The molecular formula is C24H21N3OS. The Labute approximate surface area is 173 Å². The SMILES string of the molecule is C(=N\Nc1ccc2ccccc2c1)/C1=C(Sc2nc3ccccc3o2)CCCC1. The molecule has 1 aliphatic rings. The van der Waals surface area contributed by atoms with Crippen LogP contribution in [0.2, 0.25) is 0 Å². The number of benzene rings is 3. The molecule has 3 aromatic carbocycles. The highest BCUT2D eigenvalue weighted by Crippen LogP contribution is 2.37. The minimum absolute atomic E-state index is 0.705. The van der Waals surface area contributed by atoms with E-state index in [0.717, 1.165) is 29.6 Å². The lowest BCUT2D eigenvalue weighted by atomic mass is 10.0. The van der Waals surface area contributed by atoms with E-state index in [1.165, 1.54) is 34.1 Å². The van der Waals surface area contributed by atoms with Gasteiger partial charge in [0.15, 0.2) is 5.58 Å². The van der Waals surface area contributed by atoms with Crippen molar-refractivity contribution in [3.8, 4) is 0 Å². The number of para-hydroxylation sites is 2. The zero-order valence-corrected chi connectivity index (χ0v) is 16.8. The largest absolute Gasteiger partial charge is 0.431 e. The lowest BCUT2D eigenvalue weighted by molar-refractivity contribution is 0.490. The average Bonchev–Trinajstić information content (AvgIpc) is 3.17. The van der Waals surface area contributed by atoms with Crippen LogP contribution in [0.4, 0.5) is 5.69 Å². The lowest BCUT2D eigenvalue weighted by Gasteiger charge is -2.15. The van der Waals surface area contributed by atoms with Crippen molar-refractivity contribution in [1.82, 2.24) is 4.98 Å². The molecule has 4 nitrogen and oxygen atoms in total. The normalized spacial score (nSPS) is 14.9. The van der Waals surface area contributed by atoms with E-state index >= 15 is 0 Å². The fourth-order valence-corrected chi connectivity index (χ4v) is 4.62. The number of oxazole rings is 1. The summed E-state index contributed by atoms with van der Waals surface area (Å²) in [6, 6.07) is 22.5. The molecule has 0 saturated heterocycles. The van der Waals surface area contributed by atoms with Gasteiger partial charge in [0.25, 0.3) is 5.22 Å². The molecule has 0 unspecified atom stereocenters. The van der Waals surface area contributed by atoms with Gasteiger partial charge in [0.1, 0.15) is 5.52 Å². The lowest BCUT2D eigenvalue weighted by Crippen LogP contribution is -2.00. The van der Waals surface area contributed by atoms with E-state index in [0.29, 0.717) is 5.22 Å². The number of hydrazone groups is 1. The molecule has 4 aromatic rings. The highest BCUT2D eigenvalue weighted by molar-refractivity contribution is 8.02. The van der Waals surface area contributed by atoms with Crippen molar-refractivity contribution in [2.45, 2.75) is 30.9 Å². The van der Waals surface area contributed by atoms with Gasteiger partial charge >= 0.3 is 0 Å². The Hall–Kier alpha value is -3.05. The molecule has 5 heteroatoms. The van der Waals surface area contributed by atoms with E-state index in [1.807, 2.05) is 30.5 Å². The van der Waals surface area contributed by atoms with E-state index in [-0.39, 0.29) is 0 Å². The van der Waals surface area contributed by atoms with Gasteiger partial charge in [0.05, 0.1) is 11.9 Å². The van der Waals surface area contributed by atoms with E-state index < -0.39 is 0 Å². The summed E-state index contributed by atoms with van der Waals surface area (Å²) < 4.78 is 5.89. The van der Waals surface area contributed by atoms with Crippen LogP contribution in [0.3, 0.4) is 0 Å². The fraction of sp³-hybridized carbons (Fsp3) is 0.167. The summed E-state index contributed by atoms with van der Waals surface area (Å²) in [4.78, 5) is 5.90. The standard InChI is InChI=1S/C24H21N3OS/c1-2-8-18-15-20(14-13-17(18)7-1)27-25-16-19-9-3-6-12-23(19)29-24-26-21-10-4-5-11-22(21)28-24/h1-2,4-5,7-8,10-11,13-16,27H,3,6,9,12H2/b25-16+. The van der Waals surface area contributed by atoms with Crippen LogP contribution in [-0.4, -0.2) is 11.2 Å². The molecule has 29 heavy (non-hydrogen) atoms. The monoisotopic (exact) mass is 399 g/mol. The molecule has 0 fully saturated rings. The van der Waals surface area contributed by atoms with Gasteiger partial charge in [-0.3, -0.25) is 5.43 Å². The Kier molecular flexibility index (Phi) is 5.05. The van der Waals surface area contributed by atoms with Gasteiger partial charge in [-0.1, -0.05) is 42.5 Å². The van der Waals surface area contributed by atoms with Gasteiger partial charge in [-0.25, -0.2) is 4.98 Å². The Morgan fingerprint density at radius 1 is 0.931 bits per heavy atom. The summed E-state index contributed by atoms with van der Waals surface area (Å²) in [5.74, 6) is 0. The predicted molar refractivity (Wildman–Crippen MR) is 121 cm³/mol. The van der Waals surface area contributed by atoms with Crippen molar-refractivity contribution >= 4 is 45.5 Å². The number of nitrogens with zero attached hydrogens (tertiary/aromatic N) is 2. The Morgan fingerprint density at radius 3 is 2.69 bits per heavy atom. The topological polar surface area (TPSA) is 50.4 Å². The first-order valence-electron chi connectivity index (χ1n) is 9.88. The van der Waals surface area contributed by atoms with Crippen LogP contribution in [-0.2, 0) is 0 Å². The summed E-state index contributed by atoms with van der Waals surface area (Å²) in [5.41, 5.74) is 7.16. The van der Waals surface area contributed by atoms with Crippen LogP contribution in [0, 0.1) is 0 Å². The second-order valence-electron chi connectivity index (χ2n) is 7.14. The minimum atomic E-state index is 0.705. The zero-order chi connectivity index (χ0) is 19.5. The van der Waals surface area contributed by atoms with Crippen molar-refractivity contribution in [2.24, 2.45) is 5.10 Å². The van der Waals surface area contributed by atoms with Crippen molar-refractivity contribution in [3.63, 3.8) is 0 Å². The quantitative estimate of drug-likeness (QED) is 0.290. The number of thioether (sulfide) groups is 1. The molecule has 0 amide bonds. The molecule has 1 aliphatic carbocycles. The van der Waals surface area contributed by atoms with Crippen LogP contribution in [0.1, 0.15) is 25.7 Å². The first-order valence-corrected chi connectivity index (χ1v) is 10.7. The van der Waals surface area contributed by atoms with Gasteiger partial charge < -0.3 is 4.42 Å². The van der Waals surface area contributed by atoms with Gasteiger partial charge in [-0.2, -0.15) is 5.10 Å². The van der Waals surface area contributed by atoms with Gasteiger partial charge in [-0.15, -0.1) is 0 Å². The molecule has 1 aromatic heterocycles. The van der Waals surface area contributed by atoms with Gasteiger partial charge in [0.2, 0.25) is 0 Å². The van der Waals surface area contributed by atoms with E-state index in [4.69, 9.17) is 4.42 Å². The maximum absolute atomic E-state index is 5.89. The van der Waals surface area contributed by atoms with Crippen LogP contribution < -0.4 is 5.43 Å². The zero-order valence-electron chi connectivity index (χ0n) is 16.0. The predicted octanol–water partition coefficient (Wildman–Crippen LogP) is 7.00. The smallest absolute Gasteiger partial charge is 0.261 e. The Balaban J connectivity index is 1.34. The number of fused-ring (bicyclic) bond motifs is 2. The number of anilines is 1. The second kappa shape index (κ2) is 8.13. The molecule has 1 N–H and O–H groups in total. The molecule has 144 valence electrons. The number of hydrogen-bond donors (Lipinski definition) is 1. The van der Waals surface area contributed by atoms with Crippen molar-refractivity contribution in [3.05, 3.63) is 77.2 Å². The Morgan fingerprint density at radius 2 is 1.76 bits per heavy atom. The van der Waals surface area contributed by atoms with Crippen molar-refractivity contribution in [1.29, 1.82) is 0 Å². The van der Waals surface area contributed by atoms with Crippen molar-refractivity contribution in [2.75, 3.05) is 5.43 Å². The number of nitrogens with one attached hydrogen (secondary N) is 1. The third-order valence-corrected chi connectivity index (χ3v) is 6.17. The first-order chi connectivity index (χ1) is 14.3.